The summed E-state index contributed by atoms with van der Waals surface area (Å²) in [4.78, 5) is 21.5. The van der Waals surface area contributed by atoms with Gasteiger partial charge in [0.15, 0.2) is 0 Å². The van der Waals surface area contributed by atoms with Crippen LogP contribution in [0.15, 0.2) is 54.6 Å². The Balaban J connectivity index is 1.65. The number of halogens is 2. The van der Waals surface area contributed by atoms with Crippen molar-refractivity contribution >= 4 is 34.4 Å². The predicted octanol–water partition coefficient (Wildman–Crippen LogP) is 5.57. The fourth-order valence-corrected chi connectivity index (χ4v) is 3.44. The van der Waals surface area contributed by atoms with E-state index in [1.54, 1.807) is 18.2 Å². The number of likely N-dealkylation sites (N-methyl/N-ethyl adjacent to an activating group) is 2. The zero-order valence-electron chi connectivity index (χ0n) is 20.8. The van der Waals surface area contributed by atoms with Crippen molar-refractivity contribution in [3.63, 3.8) is 0 Å². The number of nitrogens with one attached hydrogen (secondary N) is 1. The molecule has 0 unspecified atom stereocenters. The molecule has 3 rings (SSSR count). The number of pyridine rings is 1. The van der Waals surface area contributed by atoms with Crippen LogP contribution in [-0.4, -0.2) is 56.1 Å². The Morgan fingerprint density at radius 2 is 1.80 bits per heavy atom. The van der Waals surface area contributed by atoms with Crippen LogP contribution in [0.1, 0.15) is 24.5 Å². The Morgan fingerprint density at radius 1 is 1.09 bits per heavy atom. The van der Waals surface area contributed by atoms with E-state index in [1.807, 2.05) is 46.3 Å². The monoisotopic (exact) mass is 482 g/mol. The average Bonchev–Trinajstić information content (AvgIpc) is 2.81. The molecule has 0 aliphatic carbocycles. The summed E-state index contributed by atoms with van der Waals surface area (Å²) < 4.78 is 31.3. The summed E-state index contributed by atoms with van der Waals surface area (Å²) in [6, 6.07) is 13.8. The van der Waals surface area contributed by atoms with Gasteiger partial charge in [-0.05, 0) is 74.6 Å². The molecule has 0 radical (unpaired) electrons. The predicted molar refractivity (Wildman–Crippen MR) is 138 cm³/mol. The molecule has 0 aliphatic heterocycles. The summed E-state index contributed by atoms with van der Waals surface area (Å²) in [5.41, 5.74) is 3.27. The number of ether oxygens (including phenoxy) is 1. The zero-order valence-corrected chi connectivity index (χ0v) is 20.8. The van der Waals surface area contributed by atoms with Crippen molar-refractivity contribution in [3.05, 3.63) is 65.7 Å². The number of hydrogen-bond donors (Lipinski definition) is 1. The summed E-state index contributed by atoms with van der Waals surface area (Å²) in [6.45, 7) is 5.18. The van der Waals surface area contributed by atoms with Crippen molar-refractivity contribution in [1.29, 1.82) is 0 Å². The number of hydrogen-bond acceptors (Lipinski definition) is 5. The van der Waals surface area contributed by atoms with Gasteiger partial charge in [0.2, 0.25) is 5.91 Å². The third-order valence-corrected chi connectivity index (χ3v) is 5.48. The van der Waals surface area contributed by atoms with Crippen LogP contribution >= 0.6 is 0 Å². The molecule has 1 amide bonds. The Kier molecular flexibility index (Phi) is 8.40. The highest BCUT2D eigenvalue weighted by Crippen LogP contribution is 2.26. The number of alkyl halides is 2. The van der Waals surface area contributed by atoms with Crippen LogP contribution in [-0.2, 0) is 4.79 Å². The van der Waals surface area contributed by atoms with Crippen LogP contribution in [0.4, 0.5) is 20.3 Å². The third kappa shape index (κ3) is 7.48. The van der Waals surface area contributed by atoms with Gasteiger partial charge in [-0.2, -0.15) is 8.78 Å². The standard InChI is InChI=1S/C27H32F2N4O2/c1-6-27(28,29)35-23-11-7-20(8-12-23)9-14-25(34)30-22-10-13-24-21(18-22)17-19(2)26(31-24)33(5)16-15-32(3)4/h7-14,17-18H,6,15-16H2,1-5H3,(H,30,34)/b14-9+. The molecule has 0 saturated carbocycles. The lowest BCUT2D eigenvalue weighted by Crippen LogP contribution is -2.29. The molecule has 0 saturated heterocycles. The molecule has 8 heteroatoms. The van der Waals surface area contributed by atoms with Gasteiger partial charge in [0.05, 0.1) is 5.52 Å². The smallest absolute Gasteiger partial charge is 0.397 e. The number of fused-ring (bicyclic) bond motifs is 1. The van der Waals surface area contributed by atoms with Crippen LogP contribution in [0.25, 0.3) is 17.0 Å². The highest BCUT2D eigenvalue weighted by Gasteiger charge is 2.28. The first-order valence-electron chi connectivity index (χ1n) is 11.5. The number of carbonyl (C=O) groups is 1. The number of rotatable bonds is 10. The summed E-state index contributed by atoms with van der Waals surface area (Å²) in [6.07, 6.45) is -0.602. The molecule has 3 aromatic rings. The third-order valence-electron chi connectivity index (χ3n) is 5.48. The molecule has 2 aromatic carbocycles. The zero-order chi connectivity index (χ0) is 25.6. The van der Waals surface area contributed by atoms with Crippen molar-refractivity contribution in [3.8, 4) is 5.75 Å². The Bertz CT molecular complexity index is 1190. The van der Waals surface area contributed by atoms with E-state index in [4.69, 9.17) is 4.98 Å². The van der Waals surface area contributed by atoms with Gasteiger partial charge in [0.25, 0.3) is 0 Å². The maximum absolute atomic E-state index is 13.3. The molecule has 186 valence electrons. The normalized spacial score (nSPS) is 11.9. The SMILES string of the molecule is CCC(F)(F)Oc1ccc(/C=C/C(=O)Nc2ccc3nc(N(C)CCN(C)C)c(C)cc3c2)cc1. The Morgan fingerprint density at radius 3 is 2.46 bits per heavy atom. The second-order valence-electron chi connectivity index (χ2n) is 8.75. The molecule has 0 aliphatic rings. The first-order chi connectivity index (χ1) is 16.6. The molecule has 0 atom stereocenters. The van der Waals surface area contributed by atoms with Gasteiger partial charge in [-0.25, -0.2) is 4.98 Å². The molecule has 6 nitrogen and oxygen atoms in total. The minimum absolute atomic E-state index is 0.0746. The number of aromatic nitrogens is 1. The average molecular weight is 483 g/mol. The van der Waals surface area contributed by atoms with Crippen LogP contribution in [0.2, 0.25) is 0 Å². The van der Waals surface area contributed by atoms with E-state index in [9.17, 15) is 13.6 Å². The number of carbonyl (C=O) groups excluding carboxylic acids is 1. The highest BCUT2D eigenvalue weighted by atomic mass is 19.3. The fraction of sp³-hybridized carbons (Fsp3) is 0.333. The minimum Gasteiger partial charge on any atom is -0.433 e. The van der Waals surface area contributed by atoms with Gasteiger partial charge >= 0.3 is 6.11 Å². The highest BCUT2D eigenvalue weighted by molar-refractivity contribution is 6.03. The molecule has 35 heavy (non-hydrogen) atoms. The second kappa shape index (κ2) is 11.3. The van der Waals surface area contributed by atoms with Crippen molar-refractivity contribution in [1.82, 2.24) is 9.88 Å². The number of anilines is 2. The maximum atomic E-state index is 13.3. The molecular weight excluding hydrogens is 450 g/mol. The summed E-state index contributed by atoms with van der Waals surface area (Å²) in [5.74, 6) is 0.714. The van der Waals surface area contributed by atoms with Gasteiger partial charge < -0.3 is 19.9 Å². The topological polar surface area (TPSA) is 57.7 Å². The van der Waals surface area contributed by atoms with Crippen LogP contribution in [0, 0.1) is 6.92 Å². The first kappa shape index (κ1) is 26.1. The molecule has 0 spiro atoms. The largest absolute Gasteiger partial charge is 0.433 e. The molecule has 1 heterocycles. The van der Waals surface area contributed by atoms with Crippen molar-refractivity contribution in [2.24, 2.45) is 0 Å². The van der Waals surface area contributed by atoms with Crippen molar-refractivity contribution < 1.29 is 18.3 Å². The van der Waals surface area contributed by atoms with Gasteiger partial charge in [-0.1, -0.05) is 19.1 Å². The quantitative estimate of drug-likeness (QED) is 0.383. The second-order valence-corrected chi connectivity index (χ2v) is 8.75. The molecule has 1 N–H and O–H groups in total. The van der Waals surface area contributed by atoms with Crippen molar-refractivity contribution in [2.45, 2.75) is 26.4 Å². The van der Waals surface area contributed by atoms with E-state index in [2.05, 4.69) is 25.9 Å². The summed E-state index contributed by atoms with van der Waals surface area (Å²) >= 11 is 0. The molecule has 1 aromatic heterocycles. The summed E-state index contributed by atoms with van der Waals surface area (Å²) in [7, 11) is 6.12. The van der Waals surface area contributed by atoms with E-state index < -0.39 is 12.5 Å². The van der Waals surface area contributed by atoms with Gasteiger partial charge in [-0.15, -0.1) is 0 Å². The van der Waals surface area contributed by atoms with E-state index in [0.717, 1.165) is 35.4 Å². The maximum Gasteiger partial charge on any atom is 0.397 e. The van der Waals surface area contributed by atoms with Gasteiger partial charge in [0.1, 0.15) is 11.6 Å². The Labute approximate surface area is 205 Å². The van der Waals surface area contributed by atoms with E-state index in [0.29, 0.717) is 11.3 Å². The minimum atomic E-state index is -3.20. The molecule has 0 fully saturated rings. The fourth-order valence-electron chi connectivity index (χ4n) is 3.44. The van der Waals surface area contributed by atoms with Crippen LogP contribution < -0.4 is 15.0 Å². The number of aryl methyl sites for hydroxylation is 1. The van der Waals surface area contributed by atoms with E-state index in [1.165, 1.54) is 25.1 Å². The van der Waals surface area contributed by atoms with Gasteiger partial charge in [-0.3, -0.25) is 4.79 Å². The number of amides is 1. The lowest BCUT2D eigenvalue weighted by Gasteiger charge is -2.22. The lowest BCUT2D eigenvalue weighted by atomic mass is 10.1. The van der Waals surface area contributed by atoms with Gasteiger partial charge in [0, 0.05) is 43.7 Å². The molecular formula is C27H32F2N4O2. The number of benzene rings is 2. The van der Waals surface area contributed by atoms with E-state index in [-0.39, 0.29) is 11.7 Å². The molecule has 0 bridgehead atoms. The van der Waals surface area contributed by atoms with E-state index >= 15 is 0 Å². The van der Waals surface area contributed by atoms with Crippen LogP contribution in [0.3, 0.4) is 0 Å². The Hall–Kier alpha value is -3.52. The lowest BCUT2D eigenvalue weighted by molar-refractivity contribution is -0.177. The summed E-state index contributed by atoms with van der Waals surface area (Å²) in [5, 5.41) is 3.79. The first-order valence-corrected chi connectivity index (χ1v) is 11.5. The van der Waals surface area contributed by atoms with Crippen LogP contribution in [0.5, 0.6) is 5.75 Å². The number of nitrogens with zero attached hydrogens (tertiary/aromatic N) is 3. The van der Waals surface area contributed by atoms with Crippen molar-refractivity contribution in [2.75, 3.05) is 44.4 Å².